The second-order valence-electron chi connectivity index (χ2n) is 4.85. The Morgan fingerprint density at radius 2 is 1.59 bits per heavy atom. The van der Waals surface area contributed by atoms with Crippen LogP contribution in [-0.2, 0) is 0 Å². The minimum absolute atomic E-state index is 0.00991. The summed E-state index contributed by atoms with van der Waals surface area (Å²) in [4.78, 5) is 24.2. The molecule has 0 aromatic heterocycles. The van der Waals surface area contributed by atoms with E-state index in [4.69, 9.17) is 0 Å². The van der Waals surface area contributed by atoms with Gasteiger partial charge in [-0.25, -0.2) is 9.18 Å². The summed E-state index contributed by atoms with van der Waals surface area (Å²) in [5.74, 6) is -2.17. The maximum atomic E-state index is 13.6. The molecule has 108 valence electrons. The number of carboxylic acids is 1. The molecule has 0 unspecified atom stereocenters. The highest BCUT2D eigenvalue weighted by atomic mass is 19.1. The van der Waals surface area contributed by atoms with Crippen molar-refractivity contribution in [1.29, 1.82) is 0 Å². The fraction of sp³-hybridized carbons (Fsp3) is 0. The van der Waals surface area contributed by atoms with Crippen molar-refractivity contribution in [2.45, 2.75) is 0 Å². The minimum atomic E-state index is -1.22. The lowest BCUT2D eigenvalue weighted by atomic mass is 9.92. The maximum absolute atomic E-state index is 13.6. The largest absolute Gasteiger partial charge is 0.478 e. The molecule has 22 heavy (non-hydrogen) atoms. The number of fused-ring (bicyclic) bond motifs is 1. The number of carboxylic acid groups (broad SMARTS) is 1. The number of benzene rings is 3. The molecule has 3 rings (SSSR count). The zero-order valence-electron chi connectivity index (χ0n) is 11.4. The van der Waals surface area contributed by atoms with Crippen LogP contribution < -0.4 is 0 Å². The van der Waals surface area contributed by atoms with E-state index in [1.165, 1.54) is 24.3 Å². The molecule has 3 nitrogen and oxygen atoms in total. The van der Waals surface area contributed by atoms with Crippen LogP contribution in [-0.4, -0.2) is 16.9 Å². The molecule has 0 aliphatic rings. The predicted molar refractivity (Wildman–Crippen MR) is 80.7 cm³/mol. The van der Waals surface area contributed by atoms with Gasteiger partial charge in [-0.3, -0.25) is 4.79 Å². The minimum Gasteiger partial charge on any atom is -0.478 e. The topological polar surface area (TPSA) is 54.4 Å². The van der Waals surface area contributed by atoms with Crippen LogP contribution in [0.5, 0.6) is 0 Å². The first-order valence-corrected chi connectivity index (χ1v) is 6.63. The number of carbonyl (C=O) groups is 2. The molecular formula is C18H11FO3. The van der Waals surface area contributed by atoms with Crippen molar-refractivity contribution >= 4 is 22.5 Å². The van der Waals surface area contributed by atoms with Crippen molar-refractivity contribution in [2.24, 2.45) is 0 Å². The Morgan fingerprint density at radius 1 is 0.909 bits per heavy atom. The van der Waals surface area contributed by atoms with E-state index in [1.54, 1.807) is 36.4 Å². The molecule has 0 amide bonds. The molecule has 0 atom stereocenters. The Bertz CT molecular complexity index is 885. The van der Waals surface area contributed by atoms with Gasteiger partial charge in [-0.1, -0.05) is 42.5 Å². The highest BCUT2D eigenvalue weighted by molar-refractivity contribution is 6.21. The lowest BCUT2D eigenvalue weighted by Gasteiger charge is -2.10. The molecule has 4 heteroatoms. The van der Waals surface area contributed by atoms with Crippen LogP contribution in [0, 0.1) is 5.82 Å². The van der Waals surface area contributed by atoms with E-state index in [1.807, 2.05) is 0 Å². The van der Waals surface area contributed by atoms with Gasteiger partial charge in [0.25, 0.3) is 0 Å². The Morgan fingerprint density at radius 3 is 2.27 bits per heavy atom. The monoisotopic (exact) mass is 294 g/mol. The van der Waals surface area contributed by atoms with Crippen LogP contribution in [0.3, 0.4) is 0 Å². The summed E-state index contributed by atoms with van der Waals surface area (Å²) in [6.45, 7) is 0. The zero-order valence-corrected chi connectivity index (χ0v) is 11.4. The number of hydrogen-bond acceptors (Lipinski definition) is 2. The highest BCUT2D eigenvalue weighted by Crippen LogP contribution is 2.26. The molecule has 0 saturated carbocycles. The third kappa shape index (κ3) is 2.35. The molecule has 0 aliphatic carbocycles. The second-order valence-corrected chi connectivity index (χ2v) is 4.85. The number of halogens is 1. The van der Waals surface area contributed by atoms with Crippen molar-refractivity contribution in [1.82, 2.24) is 0 Å². The van der Waals surface area contributed by atoms with Gasteiger partial charge in [0.15, 0.2) is 5.78 Å². The van der Waals surface area contributed by atoms with E-state index in [-0.39, 0.29) is 11.1 Å². The molecule has 0 spiro atoms. The molecular weight excluding hydrogens is 283 g/mol. The van der Waals surface area contributed by atoms with Crippen molar-refractivity contribution < 1.29 is 19.1 Å². The quantitative estimate of drug-likeness (QED) is 0.745. The third-order valence-electron chi connectivity index (χ3n) is 3.48. The first kappa shape index (κ1) is 13.9. The SMILES string of the molecule is O=C(O)c1ccc2ccc(F)cc2c1C(=O)c1ccccc1. The van der Waals surface area contributed by atoms with Crippen LogP contribution in [0.15, 0.2) is 60.7 Å². The highest BCUT2D eigenvalue weighted by Gasteiger charge is 2.21. The van der Waals surface area contributed by atoms with Crippen LogP contribution in [0.2, 0.25) is 0 Å². The van der Waals surface area contributed by atoms with E-state index in [9.17, 15) is 19.1 Å². The maximum Gasteiger partial charge on any atom is 0.336 e. The van der Waals surface area contributed by atoms with E-state index < -0.39 is 17.6 Å². The van der Waals surface area contributed by atoms with Gasteiger partial charge in [0.2, 0.25) is 0 Å². The van der Waals surface area contributed by atoms with Gasteiger partial charge in [-0.05, 0) is 29.0 Å². The summed E-state index contributed by atoms with van der Waals surface area (Å²) in [5, 5.41) is 10.3. The summed E-state index contributed by atoms with van der Waals surface area (Å²) in [7, 11) is 0. The number of ketones is 1. The van der Waals surface area contributed by atoms with E-state index in [0.717, 1.165) is 0 Å². The number of hydrogen-bond donors (Lipinski definition) is 1. The van der Waals surface area contributed by atoms with E-state index in [0.29, 0.717) is 16.3 Å². The molecule has 0 bridgehead atoms. The summed E-state index contributed by atoms with van der Waals surface area (Å²) < 4.78 is 13.6. The molecule has 0 radical (unpaired) electrons. The molecule has 3 aromatic carbocycles. The van der Waals surface area contributed by atoms with Crippen LogP contribution in [0.1, 0.15) is 26.3 Å². The Balaban J connectivity index is 2.34. The average Bonchev–Trinajstić information content (AvgIpc) is 2.53. The van der Waals surface area contributed by atoms with Crippen LogP contribution in [0.25, 0.3) is 10.8 Å². The Kier molecular flexibility index (Phi) is 3.43. The fourth-order valence-electron chi connectivity index (χ4n) is 2.45. The normalized spacial score (nSPS) is 10.6. The number of rotatable bonds is 3. The van der Waals surface area contributed by atoms with Crippen LogP contribution in [0.4, 0.5) is 4.39 Å². The van der Waals surface area contributed by atoms with Gasteiger partial charge >= 0.3 is 5.97 Å². The van der Waals surface area contributed by atoms with Gasteiger partial charge in [0, 0.05) is 11.1 Å². The Hall–Kier alpha value is -3.01. The summed E-state index contributed by atoms with van der Waals surface area (Å²) in [5.41, 5.74) is 0.240. The zero-order chi connectivity index (χ0) is 15.7. The van der Waals surface area contributed by atoms with Crippen molar-refractivity contribution in [2.75, 3.05) is 0 Å². The summed E-state index contributed by atoms with van der Waals surface area (Å²) in [6.07, 6.45) is 0. The van der Waals surface area contributed by atoms with E-state index >= 15 is 0 Å². The molecule has 3 aromatic rings. The molecule has 0 aliphatic heterocycles. The first-order valence-electron chi connectivity index (χ1n) is 6.63. The van der Waals surface area contributed by atoms with Gasteiger partial charge in [-0.2, -0.15) is 0 Å². The van der Waals surface area contributed by atoms with Crippen molar-refractivity contribution in [3.05, 3.63) is 83.2 Å². The third-order valence-corrected chi connectivity index (χ3v) is 3.48. The standard InChI is InChI=1S/C18H11FO3/c19-13-8-6-11-7-9-14(18(21)22)16(15(11)10-13)17(20)12-4-2-1-3-5-12/h1-10H,(H,21,22). The lowest BCUT2D eigenvalue weighted by molar-refractivity contribution is 0.0693. The predicted octanol–water partition coefficient (Wildman–Crippen LogP) is 3.91. The average molecular weight is 294 g/mol. The smallest absolute Gasteiger partial charge is 0.336 e. The molecule has 0 heterocycles. The molecule has 0 fully saturated rings. The molecule has 0 saturated heterocycles. The Labute approximate surface area is 125 Å². The number of carbonyl (C=O) groups excluding carboxylic acids is 1. The van der Waals surface area contributed by atoms with E-state index in [2.05, 4.69) is 0 Å². The number of aromatic carboxylic acids is 1. The summed E-state index contributed by atoms with van der Waals surface area (Å²) in [6, 6.07) is 15.3. The van der Waals surface area contributed by atoms with Crippen molar-refractivity contribution in [3.8, 4) is 0 Å². The lowest BCUT2D eigenvalue weighted by Crippen LogP contribution is -2.10. The van der Waals surface area contributed by atoms with Gasteiger partial charge in [0.05, 0.1) is 5.56 Å². The fourth-order valence-corrected chi connectivity index (χ4v) is 2.45. The first-order chi connectivity index (χ1) is 10.6. The van der Waals surface area contributed by atoms with Gasteiger partial charge in [-0.15, -0.1) is 0 Å². The van der Waals surface area contributed by atoms with Gasteiger partial charge in [0.1, 0.15) is 5.82 Å². The summed E-state index contributed by atoms with van der Waals surface area (Å²) >= 11 is 0. The van der Waals surface area contributed by atoms with Gasteiger partial charge < -0.3 is 5.11 Å². The molecule has 1 N–H and O–H groups in total. The van der Waals surface area contributed by atoms with Crippen LogP contribution >= 0.6 is 0 Å². The second kappa shape index (κ2) is 5.41. The van der Waals surface area contributed by atoms with Crippen molar-refractivity contribution in [3.63, 3.8) is 0 Å².